The normalized spacial score (nSPS) is 15.7. The van der Waals surface area contributed by atoms with Crippen molar-refractivity contribution >= 4 is 23.7 Å². The third-order valence-electron chi connectivity index (χ3n) is 5.28. The van der Waals surface area contributed by atoms with Crippen LogP contribution in [0.1, 0.15) is 12.5 Å². The number of urea groups is 1. The minimum Gasteiger partial charge on any atom is -0.454 e. The predicted molar refractivity (Wildman–Crippen MR) is 118 cm³/mol. The number of ether oxygens (including phenoxy) is 2. The van der Waals surface area contributed by atoms with Crippen LogP contribution in [0.25, 0.3) is 11.4 Å². The maximum absolute atomic E-state index is 12.8. The highest BCUT2D eigenvalue weighted by molar-refractivity contribution is 8.00. The summed E-state index contributed by atoms with van der Waals surface area (Å²) in [5, 5.41) is 11.6. The van der Waals surface area contributed by atoms with Crippen LogP contribution in [0.5, 0.6) is 11.5 Å². The molecule has 1 aromatic heterocycles. The van der Waals surface area contributed by atoms with Gasteiger partial charge in [0.15, 0.2) is 22.5 Å². The Morgan fingerprint density at radius 1 is 1.16 bits per heavy atom. The largest absolute Gasteiger partial charge is 0.454 e. The van der Waals surface area contributed by atoms with Gasteiger partial charge in [-0.05, 0) is 24.6 Å². The molecular formula is C22H21N5O4S. The lowest BCUT2D eigenvalue weighted by Crippen LogP contribution is -2.39. The van der Waals surface area contributed by atoms with Crippen molar-refractivity contribution in [3.8, 4) is 22.9 Å². The Morgan fingerprint density at radius 3 is 2.75 bits per heavy atom. The highest BCUT2D eigenvalue weighted by Gasteiger charge is 2.31. The van der Waals surface area contributed by atoms with Gasteiger partial charge >= 0.3 is 6.03 Å². The first-order valence-electron chi connectivity index (χ1n) is 10.2. The first kappa shape index (κ1) is 20.4. The van der Waals surface area contributed by atoms with Gasteiger partial charge < -0.3 is 14.8 Å². The minimum atomic E-state index is -0.498. The van der Waals surface area contributed by atoms with Gasteiger partial charge in [-0.25, -0.2) is 4.79 Å². The van der Waals surface area contributed by atoms with Crippen LogP contribution in [0.15, 0.2) is 53.7 Å². The molecule has 1 fully saturated rings. The molecule has 3 heterocycles. The number of hydrogen-bond donors (Lipinski definition) is 1. The fraction of sp³-hybridized carbons (Fsp3) is 0.273. The molecular weight excluding hydrogens is 430 g/mol. The maximum Gasteiger partial charge on any atom is 0.324 e. The van der Waals surface area contributed by atoms with Gasteiger partial charge in [-0.1, -0.05) is 48.2 Å². The number of carbonyl (C=O) groups is 2. The van der Waals surface area contributed by atoms with E-state index in [1.165, 1.54) is 16.7 Å². The van der Waals surface area contributed by atoms with Gasteiger partial charge in [0.05, 0.1) is 11.8 Å². The van der Waals surface area contributed by atoms with Crippen LogP contribution in [0, 0.1) is 0 Å². The smallest absolute Gasteiger partial charge is 0.324 e. The second-order valence-electron chi connectivity index (χ2n) is 7.43. The Bertz CT molecular complexity index is 1170. The number of nitrogens with one attached hydrogen (secondary N) is 1. The van der Waals surface area contributed by atoms with Crippen molar-refractivity contribution < 1.29 is 19.1 Å². The van der Waals surface area contributed by atoms with E-state index in [1.54, 1.807) is 6.92 Å². The summed E-state index contributed by atoms with van der Waals surface area (Å²) in [7, 11) is 0. The highest BCUT2D eigenvalue weighted by atomic mass is 32.2. The van der Waals surface area contributed by atoms with Crippen molar-refractivity contribution in [1.82, 2.24) is 25.0 Å². The molecule has 2 aliphatic rings. The summed E-state index contributed by atoms with van der Waals surface area (Å²) in [5.74, 6) is 1.88. The van der Waals surface area contributed by atoms with E-state index in [0.29, 0.717) is 36.4 Å². The molecule has 0 unspecified atom stereocenters. The zero-order chi connectivity index (χ0) is 22.1. The van der Waals surface area contributed by atoms with Gasteiger partial charge in [0.2, 0.25) is 12.7 Å². The Kier molecular flexibility index (Phi) is 5.44. The topological polar surface area (TPSA) is 98.6 Å². The third-order valence-corrected chi connectivity index (χ3v) is 6.35. The number of fused-ring (bicyclic) bond motifs is 1. The average Bonchev–Trinajstić information content (AvgIpc) is 3.54. The van der Waals surface area contributed by atoms with Crippen LogP contribution < -0.4 is 14.8 Å². The van der Waals surface area contributed by atoms with E-state index in [1.807, 2.05) is 53.1 Å². The summed E-state index contributed by atoms with van der Waals surface area (Å²) in [6, 6.07) is 15.2. The predicted octanol–water partition coefficient (Wildman–Crippen LogP) is 2.75. The summed E-state index contributed by atoms with van der Waals surface area (Å²) >= 11 is 1.29. The van der Waals surface area contributed by atoms with Crippen molar-refractivity contribution in [2.75, 3.05) is 19.9 Å². The van der Waals surface area contributed by atoms with Crippen molar-refractivity contribution in [2.45, 2.75) is 23.9 Å². The van der Waals surface area contributed by atoms with Crippen molar-refractivity contribution in [2.24, 2.45) is 0 Å². The van der Waals surface area contributed by atoms with Crippen molar-refractivity contribution in [1.29, 1.82) is 0 Å². The molecule has 3 aromatic rings. The van der Waals surface area contributed by atoms with Gasteiger partial charge in [0, 0.05) is 18.7 Å². The van der Waals surface area contributed by atoms with E-state index in [2.05, 4.69) is 15.5 Å². The molecule has 164 valence electrons. The van der Waals surface area contributed by atoms with Crippen LogP contribution in [0.4, 0.5) is 4.79 Å². The van der Waals surface area contributed by atoms with Crippen LogP contribution in [-0.2, 0) is 11.3 Å². The first-order chi connectivity index (χ1) is 15.6. The van der Waals surface area contributed by atoms with Gasteiger partial charge in [-0.2, -0.15) is 0 Å². The second-order valence-corrected chi connectivity index (χ2v) is 8.74. The van der Waals surface area contributed by atoms with Gasteiger partial charge in [-0.3, -0.25) is 14.3 Å². The lowest BCUT2D eigenvalue weighted by atomic mass is 10.2. The van der Waals surface area contributed by atoms with E-state index >= 15 is 0 Å². The Labute approximate surface area is 188 Å². The van der Waals surface area contributed by atoms with Crippen LogP contribution >= 0.6 is 11.8 Å². The van der Waals surface area contributed by atoms with Crippen molar-refractivity contribution in [3.05, 3.63) is 54.1 Å². The SMILES string of the molecule is C[C@H](Sc1nnc(-c2ccccc2)n1Cc1ccc2c(c1)OCO2)C(=O)N1CCNC1=O. The number of thioether (sulfide) groups is 1. The number of imide groups is 1. The van der Waals surface area contributed by atoms with E-state index < -0.39 is 5.25 Å². The zero-order valence-electron chi connectivity index (χ0n) is 17.4. The Hall–Kier alpha value is -3.53. The second kappa shape index (κ2) is 8.54. The maximum atomic E-state index is 12.8. The van der Waals surface area contributed by atoms with Crippen LogP contribution in [-0.4, -0.2) is 56.7 Å². The van der Waals surface area contributed by atoms with Crippen molar-refractivity contribution in [3.63, 3.8) is 0 Å². The zero-order valence-corrected chi connectivity index (χ0v) is 18.2. The fourth-order valence-electron chi connectivity index (χ4n) is 3.65. The summed E-state index contributed by atoms with van der Waals surface area (Å²) in [4.78, 5) is 25.9. The molecule has 2 aliphatic heterocycles. The van der Waals surface area contributed by atoms with Gasteiger partial charge in [-0.15, -0.1) is 10.2 Å². The molecule has 32 heavy (non-hydrogen) atoms. The van der Waals surface area contributed by atoms with E-state index in [9.17, 15) is 9.59 Å². The average molecular weight is 452 g/mol. The molecule has 9 nitrogen and oxygen atoms in total. The molecule has 0 bridgehead atoms. The molecule has 3 amide bonds. The number of amides is 3. The monoisotopic (exact) mass is 451 g/mol. The lowest BCUT2D eigenvalue weighted by molar-refractivity contribution is -0.126. The van der Waals surface area contributed by atoms with Crippen LogP contribution in [0.2, 0.25) is 0 Å². The molecule has 10 heteroatoms. The molecule has 0 radical (unpaired) electrons. The van der Waals surface area contributed by atoms with E-state index in [-0.39, 0.29) is 18.7 Å². The molecule has 1 saturated heterocycles. The molecule has 0 spiro atoms. The van der Waals surface area contributed by atoms with E-state index in [0.717, 1.165) is 16.9 Å². The third kappa shape index (κ3) is 3.89. The molecule has 1 N–H and O–H groups in total. The van der Waals surface area contributed by atoms with Gasteiger partial charge in [0.1, 0.15) is 0 Å². The Balaban J connectivity index is 1.45. The standard InChI is InChI=1S/C22H21N5O4S/c1-14(20(28)26-10-9-23-21(26)29)32-22-25-24-19(16-5-3-2-4-6-16)27(22)12-15-7-8-17-18(11-15)31-13-30-17/h2-8,11,14H,9-10,12-13H2,1H3,(H,23,29)/t14-/m0/s1. The summed E-state index contributed by atoms with van der Waals surface area (Å²) in [6.07, 6.45) is 0. The number of hydrogen-bond acceptors (Lipinski definition) is 7. The fourth-order valence-corrected chi connectivity index (χ4v) is 4.56. The van der Waals surface area contributed by atoms with Crippen LogP contribution in [0.3, 0.4) is 0 Å². The lowest BCUT2D eigenvalue weighted by Gasteiger charge is -2.18. The minimum absolute atomic E-state index is 0.214. The number of rotatable bonds is 6. The first-order valence-corrected chi connectivity index (χ1v) is 11.1. The Morgan fingerprint density at radius 2 is 1.97 bits per heavy atom. The summed E-state index contributed by atoms with van der Waals surface area (Å²) < 4.78 is 12.9. The number of carbonyl (C=O) groups excluding carboxylic acids is 2. The van der Waals surface area contributed by atoms with E-state index in [4.69, 9.17) is 9.47 Å². The molecule has 0 aliphatic carbocycles. The molecule has 1 atom stereocenters. The number of nitrogens with zero attached hydrogens (tertiary/aromatic N) is 4. The molecule has 5 rings (SSSR count). The summed E-state index contributed by atoms with van der Waals surface area (Å²) in [6.45, 7) is 3.33. The quantitative estimate of drug-likeness (QED) is 0.576. The molecule has 2 aromatic carbocycles. The highest BCUT2D eigenvalue weighted by Crippen LogP contribution is 2.34. The summed E-state index contributed by atoms with van der Waals surface area (Å²) in [5.41, 5.74) is 1.91. The number of aromatic nitrogens is 3. The molecule has 0 saturated carbocycles. The number of benzene rings is 2. The van der Waals surface area contributed by atoms with Gasteiger partial charge in [0.25, 0.3) is 0 Å².